The molecule has 0 saturated carbocycles. The summed E-state index contributed by atoms with van der Waals surface area (Å²) in [6, 6.07) is 9.87. The lowest BCUT2D eigenvalue weighted by molar-refractivity contribution is -0.137. The molecule has 9 nitrogen and oxygen atoms in total. The Kier molecular flexibility index (Phi) is 6.75. The van der Waals surface area contributed by atoms with Crippen molar-refractivity contribution >= 4 is 23.2 Å². The maximum Gasteiger partial charge on any atom is 0.416 e. The van der Waals surface area contributed by atoms with Crippen molar-refractivity contribution in [3.8, 4) is 22.8 Å². The highest BCUT2D eigenvalue weighted by Crippen LogP contribution is 2.34. The van der Waals surface area contributed by atoms with Crippen molar-refractivity contribution < 1.29 is 18.0 Å². The lowest BCUT2D eigenvalue weighted by Gasteiger charge is -2.14. The van der Waals surface area contributed by atoms with Crippen LogP contribution in [0.4, 0.5) is 30.5 Å². The third kappa shape index (κ3) is 5.90. The molecule has 3 aromatic heterocycles. The normalized spacial score (nSPS) is 11.3. The standard InChI is InChI=1S/C27H21F3N8O/c1-15-3-4-17(11-22(15)38-26-33-6-5-21(37-26)23-14-31-7-8-32-23)25(39)36-20-10-18(24-34-13-16(2)35-24)9-19(12-20)27(28,29)30/h3-14H,1-2H3,(H,34,35)(H,36,39)(H,33,37,38). The van der Waals surface area contributed by atoms with Crippen LogP contribution in [0.15, 0.2) is 73.4 Å². The summed E-state index contributed by atoms with van der Waals surface area (Å²) in [5.74, 6) is -0.0529. The van der Waals surface area contributed by atoms with Crippen LogP contribution in [-0.2, 0) is 6.18 Å². The van der Waals surface area contributed by atoms with Gasteiger partial charge in [0.05, 0.1) is 23.1 Å². The van der Waals surface area contributed by atoms with Gasteiger partial charge in [-0.25, -0.2) is 15.0 Å². The second-order valence-corrected chi connectivity index (χ2v) is 8.65. The summed E-state index contributed by atoms with van der Waals surface area (Å²) in [6.45, 7) is 3.55. The van der Waals surface area contributed by atoms with Gasteiger partial charge in [-0.1, -0.05) is 6.07 Å². The van der Waals surface area contributed by atoms with Crippen molar-refractivity contribution in [2.75, 3.05) is 10.6 Å². The number of aryl methyl sites for hydroxylation is 2. The van der Waals surface area contributed by atoms with Gasteiger partial charge in [0.15, 0.2) is 0 Å². The van der Waals surface area contributed by atoms with Crippen LogP contribution in [-0.4, -0.2) is 35.8 Å². The topological polar surface area (TPSA) is 121 Å². The molecule has 39 heavy (non-hydrogen) atoms. The van der Waals surface area contributed by atoms with Gasteiger partial charge in [-0.3, -0.25) is 14.8 Å². The van der Waals surface area contributed by atoms with Crippen molar-refractivity contribution in [1.82, 2.24) is 29.9 Å². The fourth-order valence-corrected chi connectivity index (χ4v) is 3.78. The molecular formula is C27H21F3N8O. The van der Waals surface area contributed by atoms with E-state index in [0.717, 1.165) is 17.7 Å². The minimum Gasteiger partial charge on any atom is -0.344 e. The van der Waals surface area contributed by atoms with E-state index in [0.29, 0.717) is 22.8 Å². The molecule has 0 aliphatic rings. The summed E-state index contributed by atoms with van der Waals surface area (Å²) in [7, 11) is 0. The van der Waals surface area contributed by atoms with Crippen molar-refractivity contribution in [1.29, 1.82) is 0 Å². The first kappa shape index (κ1) is 25.5. The van der Waals surface area contributed by atoms with Gasteiger partial charge in [0.25, 0.3) is 5.91 Å². The quantitative estimate of drug-likeness (QED) is 0.248. The van der Waals surface area contributed by atoms with E-state index >= 15 is 0 Å². The molecule has 0 spiro atoms. The first-order valence-electron chi connectivity index (χ1n) is 11.7. The summed E-state index contributed by atoms with van der Waals surface area (Å²) in [4.78, 5) is 37.1. The van der Waals surface area contributed by atoms with Crippen LogP contribution in [0.1, 0.15) is 27.2 Å². The molecule has 0 aliphatic carbocycles. The van der Waals surface area contributed by atoms with Crippen molar-refractivity contribution in [2.24, 2.45) is 0 Å². The van der Waals surface area contributed by atoms with Gasteiger partial charge in [-0.05, 0) is 55.8 Å². The molecule has 0 saturated heterocycles. The Morgan fingerprint density at radius 1 is 0.923 bits per heavy atom. The predicted octanol–water partition coefficient (Wildman–Crippen LogP) is 5.96. The first-order chi connectivity index (χ1) is 18.7. The largest absolute Gasteiger partial charge is 0.416 e. The average Bonchev–Trinajstić information content (AvgIpc) is 3.36. The van der Waals surface area contributed by atoms with Crippen LogP contribution < -0.4 is 10.6 Å². The third-order valence-corrected chi connectivity index (χ3v) is 5.72. The fraction of sp³-hybridized carbons (Fsp3) is 0.111. The van der Waals surface area contributed by atoms with Crippen molar-refractivity contribution in [2.45, 2.75) is 20.0 Å². The van der Waals surface area contributed by atoms with Crippen molar-refractivity contribution in [3.63, 3.8) is 0 Å². The van der Waals surface area contributed by atoms with Gasteiger partial charge < -0.3 is 15.6 Å². The second kappa shape index (κ2) is 10.3. The monoisotopic (exact) mass is 530 g/mol. The molecule has 0 bridgehead atoms. The molecule has 5 aromatic rings. The zero-order valence-electron chi connectivity index (χ0n) is 20.7. The molecule has 196 valence electrons. The summed E-state index contributed by atoms with van der Waals surface area (Å²) in [6.07, 6.45) is 3.23. The Morgan fingerprint density at radius 3 is 2.49 bits per heavy atom. The Hall–Kier alpha value is -5.13. The fourth-order valence-electron chi connectivity index (χ4n) is 3.78. The summed E-state index contributed by atoms with van der Waals surface area (Å²) >= 11 is 0. The van der Waals surface area contributed by atoms with E-state index in [1.807, 2.05) is 6.92 Å². The van der Waals surface area contributed by atoms with Crippen LogP contribution in [0.25, 0.3) is 22.8 Å². The van der Waals surface area contributed by atoms with Gasteiger partial charge in [-0.15, -0.1) is 0 Å². The van der Waals surface area contributed by atoms with Gasteiger partial charge in [-0.2, -0.15) is 13.2 Å². The first-order valence-corrected chi connectivity index (χ1v) is 11.7. The summed E-state index contributed by atoms with van der Waals surface area (Å²) < 4.78 is 40.8. The Balaban J connectivity index is 1.41. The number of alkyl halides is 3. The van der Waals surface area contributed by atoms with Gasteiger partial charge in [0, 0.05) is 47.3 Å². The van der Waals surface area contributed by atoms with E-state index < -0.39 is 17.6 Å². The molecule has 2 aromatic carbocycles. The number of nitrogens with one attached hydrogen (secondary N) is 3. The highest BCUT2D eigenvalue weighted by Gasteiger charge is 2.31. The molecule has 12 heteroatoms. The number of carbonyl (C=O) groups is 1. The summed E-state index contributed by atoms with van der Waals surface area (Å²) in [5.41, 5.74) is 2.59. The minimum absolute atomic E-state index is 0.0195. The van der Waals surface area contributed by atoms with E-state index in [1.165, 1.54) is 6.07 Å². The zero-order valence-corrected chi connectivity index (χ0v) is 20.7. The molecule has 3 heterocycles. The van der Waals surface area contributed by atoms with Gasteiger partial charge in [0.1, 0.15) is 11.5 Å². The Labute approximate surface area is 220 Å². The number of amides is 1. The van der Waals surface area contributed by atoms with Crippen LogP contribution in [0.3, 0.4) is 0 Å². The number of imidazole rings is 1. The average molecular weight is 531 g/mol. The molecule has 5 rings (SSSR count). The van der Waals surface area contributed by atoms with Crippen LogP contribution in [0.2, 0.25) is 0 Å². The number of rotatable bonds is 6. The van der Waals surface area contributed by atoms with Crippen LogP contribution in [0, 0.1) is 13.8 Å². The Bertz CT molecular complexity index is 1650. The van der Waals surface area contributed by atoms with Crippen LogP contribution >= 0.6 is 0 Å². The number of carbonyl (C=O) groups excluding carboxylic acids is 1. The van der Waals surface area contributed by atoms with Crippen LogP contribution in [0.5, 0.6) is 0 Å². The third-order valence-electron chi connectivity index (χ3n) is 5.72. The maximum atomic E-state index is 13.6. The summed E-state index contributed by atoms with van der Waals surface area (Å²) in [5, 5.41) is 5.67. The number of aromatic amines is 1. The molecular weight excluding hydrogens is 509 g/mol. The highest BCUT2D eigenvalue weighted by molar-refractivity contribution is 6.05. The number of aromatic nitrogens is 6. The molecule has 0 unspecified atom stereocenters. The molecule has 3 N–H and O–H groups in total. The van der Waals surface area contributed by atoms with Gasteiger partial charge >= 0.3 is 6.18 Å². The number of anilines is 3. The number of H-pyrrole nitrogens is 1. The predicted molar refractivity (Wildman–Crippen MR) is 139 cm³/mol. The van der Waals surface area contributed by atoms with E-state index in [-0.39, 0.29) is 28.6 Å². The number of nitrogens with zero attached hydrogens (tertiary/aromatic N) is 5. The highest BCUT2D eigenvalue weighted by atomic mass is 19.4. The smallest absolute Gasteiger partial charge is 0.344 e. The molecule has 0 aliphatic heterocycles. The lowest BCUT2D eigenvalue weighted by Crippen LogP contribution is -2.14. The molecule has 0 atom stereocenters. The molecule has 0 fully saturated rings. The maximum absolute atomic E-state index is 13.6. The molecule has 0 radical (unpaired) electrons. The van der Waals surface area contributed by atoms with Gasteiger partial charge in [0.2, 0.25) is 5.95 Å². The number of hydrogen-bond donors (Lipinski definition) is 3. The number of halogens is 3. The minimum atomic E-state index is -4.61. The zero-order chi connectivity index (χ0) is 27.6. The molecule has 1 amide bonds. The lowest BCUT2D eigenvalue weighted by atomic mass is 10.1. The van der Waals surface area contributed by atoms with E-state index in [2.05, 4.69) is 40.5 Å². The van der Waals surface area contributed by atoms with E-state index in [9.17, 15) is 18.0 Å². The SMILES string of the molecule is Cc1c[nH]c(-c2cc(NC(=O)c3ccc(C)c(Nc4nccc(-c5cnccn5)n4)c3)cc(C(F)(F)F)c2)n1. The van der Waals surface area contributed by atoms with E-state index in [4.69, 9.17) is 0 Å². The Morgan fingerprint density at radius 2 is 1.77 bits per heavy atom. The number of benzene rings is 2. The van der Waals surface area contributed by atoms with E-state index in [1.54, 1.807) is 62.2 Å². The number of hydrogen-bond acceptors (Lipinski definition) is 7. The van der Waals surface area contributed by atoms with Crippen molar-refractivity contribution in [3.05, 3.63) is 95.8 Å². The second-order valence-electron chi connectivity index (χ2n) is 8.65.